The molecule has 0 aromatic heterocycles. The molecule has 0 aromatic rings. The Balaban J connectivity index is 0.00000220. The zero-order valence-corrected chi connectivity index (χ0v) is 16.0. The maximum atomic E-state index is 5.79. The summed E-state index contributed by atoms with van der Waals surface area (Å²) >= 11 is 0. The molecule has 2 unspecified atom stereocenters. The molecule has 2 heterocycles. The summed E-state index contributed by atoms with van der Waals surface area (Å²) in [7, 11) is 2.21. The molecule has 124 valence electrons. The first-order valence-corrected chi connectivity index (χ1v) is 7.99. The van der Waals surface area contributed by atoms with E-state index in [1.54, 1.807) is 0 Å². The average molecular weight is 410 g/mol. The smallest absolute Gasteiger partial charge is 0.191 e. The molecule has 2 saturated heterocycles. The number of ether oxygens (including phenoxy) is 1. The fourth-order valence-electron chi connectivity index (χ4n) is 3.00. The standard InChI is InChI=1S/C15H30N4O.HI/c1-4-16-14(17-11-13-7-5-9-19(13)3)18-12-15(2)8-6-10-20-15;/h13H,4-12H2,1-3H3,(H2,16,17,18);1H. The lowest BCUT2D eigenvalue weighted by atomic mass is 10.0. The third-order valence-corrected chi connectivity index (χ3v) is 4.39. The minimum absolute atomic E-state index is 0. The molecule has 0 aromatic carbocycles. The molecule has 0 amide bonds. The van der Waals surface area contributed by atoms with Crippen LogP contribution < -0.4 is 10.6 Å². The van der Waals surface area contributed by atoms with E-state index in [1.165, 1.54) is 19.4 Å². The Kier molecular flexibility index (Phi) is 8.26. The number of aliphatic imine (C=N–C) groups is 1. The molecule has 0 bridgehead atoms. The van der Waals surface area contributed by atoms with Crippen LogP contribution in [-0.2, 0) is 4.74 Å². The van der Waals surface area contributed by atoms with E-state index in [1.807, 2.05) is 0 Å². The highest BCUT2D eigenvalue weighted by atomic mass is 127. The Hall–Kier alpha value is -0.0800. The van der Waals surface area contributed by atoms with Gasteiger partial charge in [0.25, 0.3) is 0 Å². The zero-order chi connectivity index (χ0) is 14.4. The molecule has 2 atom stereocenters. The molecule has 0 spiro atoms. The summed E-state index contributed by atoms with van der Waals surface area (Å²) in [6.07, 6.45) is 4.86. The summed E-state index contributed by atoms with van der Waals surface area (Å²) in [6, 6.07) is 0.636. The maximum Gasteiger partial charge on any atom is 0.191 e. The third-order valence-electron chi connectivity index (χ3n) is 4.39. The van der Waals surface area contributed by atoms with E-state index in [4.69, 9.17) is 9.73 Å². The van der Waals surface area contributed by atoms with Gasteiger partial charge in [-0.15, -0.1) is 24.0 Å². The monoisotopic (exact) mass is 410 g/mol. The van der Waals surface area contributed by atoms with Crippen molar-refractivity contribution in [1.29, 1.82) is 0 Å². The van der Waals surface area contributed by atoms with Crippen molar-refractivity contribution in [3.8, 4) is 0 Å². The predicted molar refractivity (Wildman–Crippen MR) is 98.6 cm³/mol. The molecule has 2 fully saturated rings. The Morgan fingerprint density at radius 3 is 2.76 bits per heavy atom. The largest absolute Gasteiger partial charge is 0.373 e. The molecular formula is C15H31IN4O. The van der Waals surface area contributed by atoms with Crippen molar-refractivity contribution >= 4 is 29.9 Å². The van der Waals surface area contributed by atoms with Gasteiger partial charge in [0.1, 0.15) is 0 Å². The van der Waals surface area contributed by atoms with E-state index in [9.17, 15) is 0 Å². The third kappa shape index (κ3) is 5.90. The fourth-order valence-corrected chi connectivity index (χ4v) is 3.00. The molecule has 6 heteroatoms. The van der Waals surface area contributed by atoms with Crippen LogP contribution in [0.3, 0.4) is 0 Å². The number of likely N-dealkylation sites (N-methyl/N-ethyl adjacent to an activating group) is 1. The second-order valence-electron chi connectivity index (χ2n) is 6.25. The maximum absolute atomic E-state index is 5.79. The Labute approximate surface area is 146 Å². The molecule has 2 aliphatic heterocycles. The van der Waals surface area contributed by atoms with Crippen LogP contribution in [0.5, 0.6) is 0 Å². The van der Waals surface area contributed by atoms with Crippen molar-refractivity contribution in [1.82, 2.24) is 15.5 Å². The van der Waals surface area contributed by atoms with Crippen LogP contribution in [-0.4, -0.2) is 62.3 Å². The van der Waals surface area contributed by atoms with Crippen molar-refractivity contribution in [3.63, 3.8) is 0 Å². The van der Waals surface area contributed by atoms with Gasteiger partial charge in [0.2, 0.25) is 0 Å². The van der Waals surface area contributed by atoms with E-state index < -0.39 is 0 Å². The molecule has 2 rings (SSSR count). The van der Waals surface area contributed by atoms with E-state index in [-0.39, 0.29) is 29.6 Å². The van der Waals surface area contributed by atoms with Gasteiger partial charge >= 0.3 is 0 Å². The number of halogens is 1. The highest BCUT2D eigenvalue weighted by Crippen LogP contribution is 2.25. The first-order valence-electron chi connectivity index (χ1n) is 7.99. The molecule has 0 saturated carbocycles. The van der Waals surface area contributed by atoms with Crippen LogP contribution in [0.4, 0.5) is 0 Å². The second kappa shape index (κ2) is 9.15. The van der Waals surface area contributed by atoms with Gasteiger partial charge in [0.05, 0.1) is 12.1 Å². The van der Waals surface area contributed by atoms with Gasteiger partial charge in [-0.25, -0.2) is 0 Å². The van der Waals surface area contributed by atoms with Gasteiger partial charge < -0.3 is 20.3 Å². The van der Waals surface area contributed by atoms with Crippen LogP contribution in [0.2, 0.25) is 0 Å². The Bertz CT molecular complexity index is 332. The number of likely N-dealkylation sites (tertiary alicyclic amines) is 1. The molecule has 0 radical (unpaired) electrons. The number of nitrogens with zero attached hydrogens (tertiary/aromatic N) is 2. The van der Waals surface area contributed by atoms with Crippen molar-refractivity contribution in [2.45, 2.75) is 51.2 Å². The van der Waals surface area contributed by atoms with Crippen LogP contribution in [0, 0.1) is 0 Å². The van der Waals surface area contributed by atoms with Crippen LogP contribution >= 0.6 is 24.0 Å². The highest BCUT2D eigenvalue weighted by molar-refractivity contribution is 14.0. The number of hydrogen-bond acceptors (Lipinski definition) is 3. The minimum Gasteiger partial charge on any atom is -0.373 e. The Morgan fingerprint density at radius 2 is 2.19 bits per heavy atom. The number of rotatable bonds is 5. The lowest BCUT2D eigenvalue weighted by molar-refractivity contribution is 0.0283. The quantitative estimate of drug-likeness (QED) is 0.413. The average Bonchev–Trinajstić information content (AvgIpc) is 3.03. The first-order chi connectivity index (χ1) is 9.63. The van der Waals surface area contributed by atoms with Gasteiger partial charge in [-0.1, -0.05) is 0 Å². The summed E-state index contributed by atoms with van der Waals surface area (Å²) in [5, 5.41) is 6.80. The minimum atomic E-state index is -0.0630. The SMILES string of the molecule is CCNC(=NCC1(C)CCCO1)NCC1CCCN1C.I. The van der Waals surface area contributed by atoms with Crippen molar-refractivity contribution in [3.05, 3.63) is 0 Å². The number of guanidine groups is 1. The second-order valence-corrected chi connectivity index (χ2v) is 6.25. The predicted octanol–water partition coefficient (Wildman–Crippen LogP) is 1.82. The summed E-state index contributed by atoms with van der Waals surface area (Å²) in [4.78, 5) is 7.13. The molecule has 0 aliphatic carbocycles. The van der Waals surface area contributed by atoms with Gasteiger partial charge in [0, 0.05) is 25.7 Å². The lowest BCUT2D eigenvalue weighted by Gasteiger charge is -2.23. The summed E-state index contributed by atoms with van der Waals surface area (Å²) in [5.41, 5.74) is -0.0630. The van der Waals surface area contributed by atoms with Crippen LogP contribution in [0.15, 0.2) is 4.99 Å². The van der Waals surface area contributed by atoms with E-state index >= 15 is 0 Å². The van der Waals surface area contributed by atoms with E-state index in [0.717, 1.165) is 45.0 Å². The van der Waals surface area contributed by atoms with E-state index in [0.29, 0.717) is 6.04 Å². The van der Waals surface area contributed by atoms with Crippen LogP contribution in [0.25, 0.3) is 0 Å². The summed E-state index contributed by atoms with van der Waals surface area (Å²) < 4.78 is 5.79. The zero-order valence-electron chi connectivity index (χ0n) is 13.7. The molecule has 2 N–H and O–H groups in total. The normalized spacial score (nSPS) is 30.2. The topological polar surface area (TPSA) is 48.9 Å². The van der Waals surface area contributed by atoms with Gasteiger partial charge in [-0.3, -0.25) is 4.99 Å². The first kappa shape index (κ1) is 19.0. The number of hydrogen-bond donors (Lipinski definition) is 2. The van der Waals surface area contributed by atoms with Crippen molar-refractivity contribution in [2.75, 3.05) is 39.8 Å². The summed E-state index contributed by atoms with van der Waals surface area (Å²) in [6.45, 7) is 8.96. The number of nitrogens with one attached hydrogen (secondary N) is 2. The van der Waals surface area contributed by atoms with E-state index in [2.05, 4.69) is 36.4 Å². The van der Waals surface area contributed by atoms with Gasteiger partial charge in [0.15, 0.2) is 5.96 Å². The molecule has 21 heavy (non-hydrogen) atoms. The fraction of sp³-hybridized carbons (Fsp3) is 0.933. The Morgan fingerprint density at radius 1 is 1.38 bits per heavy atom. The van der Waals surface area contributed by atoms with Crippen molar-refractivity contribution in [2.24, 2.45) is 4.99 Å². The van der Waals surface area contributed by atoms with Gasteiger partial charge in [-0.2, -0.15) is 0 Å². The molecule has 5 nitrogen and oxygen atoms in total. The molecule has 2 aliphatic rings. The van der Waals surface area contributed by atoms with Crippen molar-refractivity contribution < 1.29 is 4.74 Å². The van der Waals surface area contributed by atoms with Gasteiger partial charge in [-0.05, 0) is 53.1 Å². The highest BCUT2D eigenvalue weighted by Gasteiger charge is 2.29. The van der Waals surface area contributed by atoms with Crippen LogP contribution in [0.1, 0.15) is 39.5 Å². The summed E-state index contributed by atoms with van der Waals surface area (Å²) in [5.74, 6) is 0.921. The lowest BCUT2D eigenvalue weighted by Crippen LogP contribution is -2.44. The molecular weight excluding hydrogens is 379 g/mol.